The van der Waals surface area contributed by atoms with Gasteiger partial charge in [-0.2, -0.15) is 0 Å². The zero-order valence-electron chi connectivity index (χ0n) is 16.0. The molecule has 0 aliphatic rings. The van der Waals surface area contributed by atoms with Crippen LogP contribution in [0.3, 0.4) is 0 Å². The number of pyridine rings is 1. The number of amides is 1. The molecule has 1 amide bonds. The average Bonchev–Trinajstić information content (AvgIpc) is 2.73. The monoisotopic (exact) mass is 383 g/mol. The third-order valence-corrected chi connectivity index (χ3v) is 4.77. The van der Waals surface area contributed by atoms with E-state index in [9.17, 15) is 9.59 Å². The summed E-state index contributed by atoms with van der Waals surface area (Å²) in [4.78, 5) is 27.9. The van der Waals surface area contributed by atoms with E-state index < -0.39 is 11.5 Å². The number of carbonyl (C=O) groups excluding carboxylic acids is 1. The highest BCUT2D eigenvalue weighted by Crippen LogP contribution is 2.23. The maximum atomic E-state index is 12.6. The van der Waals surface area contributed by atoms with E-state index in [1.165, 1.54) is 5.56 Å². The molecule has 1 heterocycles. The number of hydrogen-bond acceptors (Lipinski definition) is 3. The Morgan fingerprint density at radius 2 is 1.69 bits per heavy atom. The number of benzene rings is 3. The van der Waals surface area contributed by atoms with Gasteiger partial charge in [-0.15, -0.1) is 0 Å². The van der Waals surface area contributed by atoms with Crippen molar-refractivity contribution in [3.63, 3.8) is 0 Å². The standard InChI is InChI=1S/C24H21N3O2/c1-16-10-12-17(13-11-16)15-25-21-8-5-9-22-19(21)14-20(24(29)27-22)23(28)26-18-6-3-2-4-7-18/h2-14,25H,15H2,1H3,(H,26,28)(H,27,29). The summed E-state index contributed by atoms with van der Waals surface area (Å²) in [6, 6.07) is 24.7. The van der Waals surface area contributed by atoms with Gasteiger partial charge < -0.3 is 15.6 Å². The van der Waals surface area contributed by atoms with Gasteiger partial charge in [0, 0.05) is 23.3 Å². The van der Waals surface area contributed by atoms with Crippen molar-refractivity contribution >= 4 is 28.2 Å². The molecular formula is C24H21N3O2. The average molecular weight is 383 g/mol. The highest BCUT2D eigenvalue weighted by molar-refractivity contribution is 6.06. The number of carbonyl (C=O) groups is 1. The zero-order chi connectivity index (χ0) is 20.2. The number of aromatic nitrogens is 1. The van der Waals surface area contributed by atoms with Crippen LogP contribution in [0.15, 0.2) is 83.7 Å². The number of anilines is 2. The van der Waals surface area contributed by atoms with Crippen LogP contribution >= 0.6 is 0 Å². The zero-order valence-corrected chi connectivity index (χ0v) is 16.0. The van der Waals surface area contributed by atoms with Gasteiger partial charge in [0.15, 0.2) is 0 Å². The van der Waals surface area contributed by atoms with Crippen molar-refractivity contribution in [2.75, 3.05) is 10.6 Å². The van der Waals surface area contributed by atoms with Crippen molar-refractivity contribution in [1.29, 1.82) is 0 Å². The summed E-state index contributed by atoms with van der Waals surface area (Å²) in [6.07, 6.45) is 0. The van der Waals surface area contributed by atoms with Crippen molar-refractivity contribution in [2.45, 2.75) is 13.5 Å². The molecule has 4 rings (SSSR count). The summed E-state index contributed by atoms with van der Waals surface area (Å²) in [5.41, 5.74) is 4.20. The van der Waals surface area contributed by atoms with Crippen LogP contribution in [0.25, 0.3) is 10.9 Å². The number of hydrogen-bond donors (Lipinski definition) is 3. The van der Waals surface area contributed by atoms with Crippen LogP contribution in [0.4, 0.5) is 11.4 Å². The maximum Gasteiger partial charge on any atom is 0.261 e. The summed E-state index contributed by atoms with van der Waals surface area (Å²) in [5.74, 6) is -0.437. The Kier molecular flexibility index (Phi) is 5.12. The van der Waals surface area contributed by atoms with Crippen molar-refractivity contribution in [3.8, 4) is 0 Å². The van der Waals surface area contributed by atoms with Gasteiger partial charge >= 0.3 is 0 Å². The van der Waals surface area contributed by atoms with E-state index in [0.29, 0.717) is 17.7 Å². The number of nitrogens with one attached hydrogen (secondary N) is 3. The predicted molar refractivity (Wildman–Crippen MR) is 117 cm³/mol. The second kappa shape index (κ2) is 8.02. The fraction of sp³-hybridized carbons (Fsp3) is 0.0833. The van der Waals surface area contributed by atoms with Crippen molar-refractivity contribution in [3.05, 3.63) is 106 Å². The van der Waals surface area contributed by atoms with Gasteiger partial charge in [-0.3, -0.25) is 9.59 Å². The van der Waals surface area contributed by atoms with E-state index in [2.05, 4.69) is 46.8 Å². The number of aromatic amines is 1. The minimum Gasteiger partial charge on any atom is -0.380 e. The molecule has 144 valence electrons. The van der Waals surface area contributed by atoms with Gasteiger partial charge in [0.1, 0.15) is 5.56 Å². The molecule has 3 aromatic carbocycles. The molecule has 3 N–H and O–H groups in total. The molecule has 0 aliphatic carbocycles. The SMILES string of the molecule is Cc1ccc(CNc2cccc3[nH]c(=O)c(C(=O)Nc4ccccc4)cc23)cc1. The van der Waals surface area contributed by atoms with Gasteiger partial charge in [-0.05, 0) is 42.8 Å². The predicted octanol–water partition coefficient (Wildman–Crippen LogP) is 4.70. The Hall–Kier alpha value is -3.86. The normalized spacial score (nSPS) is 10.7. The molecule has 0 saturated heterocycles. The van der Waals surface area contributed by atoms with Crippen molar-refractivity contribution in [2.24, 2.45) is 0 Å². The lowest BCUT2D eigenvalue weighted by Crippen LogP contribution is -2.23. The van der Waals surface area contributed by atoms with Crippen LogP contribution < -0.4 is 16.2 Å². The van der Waals surface area contributed by atoms with Crippen LogP contribution in [-0.4, -0.2) is 10.9 Å². The third-order valence-electron chi connectivity index (χ3n) is 4.77. The van der Waals surface area contributed by atoms with Gasteiger partial charge in [-0.1, -0.05) is 54.1 Å². The maximum absolute atomic E-state index is 12.6. The first-order chi connectivity index (χ1) is 14.1. The highest BCUT2D eigenvalue weighted by Gasteiger charge is 2.13. The Morgan fingerprint density at radius 1 is 0.931 bits per heavy atom. The Labute approximate surface area is 168 Å². The largest absolute Gasteiger partial charge is 0.380 e. The molecule has 5 nitrogen and oxygen atoms in total. The smallest absolute Gasteiger partial charge is 0.261 e. The van der Waals surface area contributed by atoms with Crippen LogP contribution in [0.1, 0.15) is 21.5 Å². The van der Waals surface area contributed by atoms with Crippen molar-refractivity contribution in [1.82, 2.24) is 4.98 Å². The van der Waals surface area contributed by atoms with Crippen molar-refractivity contribution < 1.29 is 4.79 Å². The fourth-order valence-corrected chi connectivity index (χ4v) is 3.18. The first-order valence-electron chi connectivity index (χ1n) is 9.42. The molecule has 29 heavy (non-hydrogen) atoms. The molecule has 0 radical (unpaired) electrons. The van der Waals surface area contributed by atoms with E-state index >= 15 is 0 Å². The second-order valence-electron chi connectivity index (χ2n) is 6.94. The van der Waals surface area contributed by atoms with Gasteiger partial charge in [0.25, 0.3) is 11.5 Å². The number of fused-ring (bicyclic) bond motifs is 1. The lowest BCUT2D eigenvalue weighted by molar-refractivity contribution is 0.102. The quantitative estimate of drug-likeness (QED) is 0.468. The summed E-state index contributed by atoms with van der Waals surface area (Å²) in [7, 11) is 0. The van der Waals surface area contributed by atoms with Gasteiger partial charge in [0.05, 0.1) is 5.52 Å². The molecule has 0 spiro atoms. The van der Waals surface area contributed by atoms with Crippen LogP contribution in [-0.2, 0) is 6.54 Å². The molecule has 5 heteroatoms. The van der Waals surface area contributed by atoms with E-state index in [1.54, 1.807) is 18.2 Å². The summed E-state index contributed by atoms with van der Waals surface area (Å²) in [6.45, 7) is 2.70. The molecule has 0 unspecified atom stereocenters. The number of H-pyrrole nitrogens is 1. The fourth-order valence-electron chi connectivity index (χ4n) is 3.18. The summed E-state index contributed by atoms with van der Waals surface area (Å²) >= 11 is 0. The minimum atomic E-state index is -0.437. The molecule has 0 bridgehead atoms. The summed E-state index contributed by atoms with van der Waals surface area (Å²) in [5, 5.41) is 6.96. The molecule has 4 aromatic rings. The first-order valence-corrected chi connectivity index (χ1v) is 9.42. The molecular weight excluding hydrogens is 362 g/mol. The second-order valence-corrected chi connectivity index (χ2v) is 6.94. The number of para-hydroxylation sites is 1. The first kappa shape index (κ1) is 18.5. The van der Waals surface area contributed by atoms with Gasteiger partial charge in [-0.25, -0.2) is 0 Å². The molecule has 0 aliphatic heterocycles. The van der Waals surface area contributed by atoms with E-state index in [-0.39, 0.29) is 5.56 Å². The Morgan fingerprint density at radius 3 is 2.45 bits per heavy atom. The summed E-state index contributed by atoms with van der Waals surface area (Å²) < 4.78 is 0. The van der Waals surface area contributed by atoms with Gasteiger partial charge in [0.2, 0.25) is 0 Å². The Balaban J connectivity index is 1.64. The van der Waals surface area contributed by atoms with E-state index in [4.69, 9.17) is 0 Å². The Bertz CT molecular complexity index is 1210. The molecule has 1 aromatic heterocycles. The lowest BCUT2D eigenvalue weighted by atomic mass is 10.1. The number of aryl methyl sites for hydroxylation is 1. The molecule has 0 atom stereocenters. The van der Waals surface area contributed by atoms with Crippen LogP contribution in [0.2, 0.25) is 0 Å². The van der Waals surface area contributed by atoms with E-state index in [0.717, 1.165) is 16.6 Å². The molecule has 0 fully saturated rings. The third kappa shape index (κ3) is 4.19. The minimum absolute atomic E-state index is 0.0749. The lowest BCUT2D eigenvalue weighted by Gasteiger charge is -2.11. The van der Waals surface area contributed by atoms with Crippen LogP contribution in [0, 0.1) is 6.92 Å². The topological polar surface area (TPSA) is 74.0 Å². The molecule has 0 saturated carbocycles. The number of rotatable bonds is 5. The van der Waals surface area contributed by atoms with Crippen LogP contribution in [0.5, 0.6) is 0 Å². The van der Waals surface area contributed by atoms with E-state index in [1.807, 2.05) is 36.4 Å². The highest BCUT2D eigenvalue weighted by atomic mass is 16.2.